The first kappa shape index (κ1) is 14.2. The summed E-state index contributed by atoms with van der Waals surface area (Å²) in [5.41, 5.74) is 1.17. The van der Waals surface area contributed by atoms with E-state index >= 15 is 0 Å². The molecule has 0 aliphatic rings. The third kappa shape index (κ3) is 3.37. The Morgan fingerprint density at radius 1 is 1.50 bits per heavy atom. The zero-order valence-corrected chi connectivity index (χ0v) is 9.59. The Balaban J connectivity index is 0. The maximum absolute atomic E-state index is 3.72. The van der Waals surface area contributed by atoms with Crippen molar-refractivity contribution in [3.05, 3.63) is 36.7 Å². The number of halogens is 2. The summed E-state index contributed by atoms with van der Waals surface area (Å²) in [5.74, 6) is 0. The second kappa shape index (κ2) is 7.32. The van der Waals surface area contributed by atoms with Gasteiger partial charge >= 0.3 is 0 Å². The van der Waals surface area contributed by atoms with E-state index in [1.807, 2.05) is 18.2 Å². The lowest BCUT2D eigenvalue weighted by atomic mass is 10.3. The number of hydrogen-bond acceptors (Lipinski definition) is 0. The van der Waals surface area contributed by atoms with Gasteiger partial charge in [0.15, 0.2) is 6.20 Å². The van der Waals surface area contributed by atoms with Gasteiger partial charge in [-0.1, -0.05) is 6.58 Å². The molecular weight excluding hydrogens is 237 g/mol. The van der Waals surface area contributed by atoms with Crippen LogP contribution in [0.4, 0.5) is 0 Å². The first-order valence-corrected chi connectivity index (χ1v) is 3.49. The Bertz CT molecular complexity index is 238. The molecule has 1 aromatic heterocycles. The molecule has 12 heavy (non-hydrogen) atoms. The van der Waals surface area contributed by atoms with E-state index in [9.17, 15) is 0 Å². The van der Waals surface area contributed by atoms with Crippen LogP contribution in [0.1, 0.15) is 12.6 Å². The monoisotopic (exact) mass is 250 g/mol. The maximum Gasteiger partial charge on any atom is 0.204 e. The third-order valence-electron chi connectivity index (χ3n) is 1.53. The highest BCUT2D eigenvalue weighted by molar-refractivity contribution is 8.93. The molecule has 0 bridgehead atoms. The normalized spacial score (nSPS) is 7.75. The summed E-state index contributed by atoms with van der Waals surface area (Å²) in [6.45, 7) is 6.84. The first-order valence-electron chi connectivity index (χ1n) is 3.49. The molecule has 0 spiro atoms. The smallest absolute Gasteiger partial charge is 0.199 e. The molecule has 0 saturated carbocycles. The van der Waals surface area contributed by atoms with E-state index in [-0.39, 0.29) is 29.4 Å². The summed E-state index contributed by atoms with van der Waals surface area (Å²) >= 11 is 0. The Morgan fingerprint density at radius 2 is 2.17 bits per heavy atom. The molecule has 1 heterocycles. The molecule has 0 radical (unpaired) electrons. The molecule has 1 nitrogen and oxygen atoms in total. The van der Waals surface area contributed by atoms with E-state index in [0.29, 0.717) is 0 Å². The summed E-state index contributed by atoms with van der Waals surface area (Å²) in [6, 6.07) is 6.09. The quantitative estimate of drug-likeness (QED) is 0.712. The third-order valence-corrected chi connectivity index (χ3v) is 1.53. The number of aryl methyl sites for hydroxylation is 1. The molecule has 0 unspecified atom stereocenters. The number of hydrogen-bond donors (Lipinski definition) is 0. The molecule has 1 aromatic rings. The highest BCUT2D eigenvalue weighted by atomic mass is 79.9. The van der Waals surface area contributed by atoms with Crippen molar-refractivity contribution in [1.82, 2.24) is 0 Å². The molecule has 0 N–H and O–H groups in total. The molecule has 0 aliphatic carbocycles. The van der Waals surface area contributed by atoms with Crippen LogP contribution in [0.5, 0.6) is 0 Å². The molecule has 3 heteroatoms. The van der Waals surface area contributed by atoms with Crippen LogP contribution >= 0.6 is 29.4 Å². The molecule has 68 valence electrons. The molecule has 0 aliphatic heterocycles. The van der Waals surface area contributed by atoms with Crippen molar-refractivity contribution < 1.29 is 4.57 Å². The van der Waals surface area contributed by atoms with Crippen LogP contribution in [0, 0.1) is 0 Å². The molecule has 0 fully saturated rings. The van der Waals surface area contributed by atoms with Gasteiger partial charge in [-0.05, 0) is 13.0 Å². The van der Waals surface area contributed by atoms with Crippen molar-refractivity contribution in [2.75, 3.05) is 0 Å². The summed E-state index contributed by atoms with van der Waals surface area (Å²) in [6.07, 6.45) is 3.92. The largest absolute Gasteiger partial charge is 0.204 e. The Kier molecular flexibility index (Phi) is 8.66. The van der Waals surface area contributed by atoms with Crippen molar-refractivity contribution in [1.29, 1.82) is 0 Å². The Labute approximate surface area is 90.3 Å². The highest BCUT2D eigenvalue weighted by Gasteiger charge is 1.99. The number of rotatable bonds is 2. The minimum Gasteiger partial charge on any atom is -0.199 e. The van der Waals surface area contributed by atoms with Crippen LogP contribution in [0.2, 0.25) is 0 Å². The Hall–Kier alpha value is -0.340. The number of nitrogens with zero attached hydrogens (tertiary/aromatic N) is 1. The fraction of sp³-hybridized carbons (Fsp3) is 0.222. The van der Waals surface area contributed by atoms with E-state index < -0.39 is 0 Å². The van der Waals surface area contributed by atoms with Gasteiger partial charge in [0.1, 0.15) is 6.54 Å². The van der Waals surface area contributed by atoms with Gasteiger partial charge in [-0.15, -0.1) is 29.4 Å². The molecular formula is C9H14BrClN+. The SMILES string of the molecule is Br.C=Cc1cccc[n+]1CC.Cl. The summed E-state index contributed by atoms with van der Waals surface area (Å²) < 4.78 is 2.15. The standard InChI is InChI=1S/C9H12N.BrH.ClH/c1-3-9-7-5-6-8-10(9)4-2;;/h3,5-8H,1,4H2,2H3;2*1H/q+1;;. The van der Waals surface area contributed by atoms with Crippen molar-refractivity contribution in [2.45, 2.75) is 13.5 Å². The van der Waals surface area contributed by atoms with Crippen molar-refractivity contribution in [3.63, 3.8) is 0 Å². The Morgan fingerprint density at radius 3 is 2.58 bits per heavy atom. The predicted molar refractivity (Wildman–Crippen MR) is 60.0 cm³/mol. The number of aromatic nitrogens is 1. The van der Waals surface area contributed by atoms with Crippen molar-refractivity contribution in [2.24, 2.45) is 0 Å². The van der Waals surface area contributed by atoms with Crippen LogP contribution in [0.25, 0.3) is 6.08 Å². The van der Waals surface area contributed by atoms with Crippen LogP contribution in [0.15, 0.2) is 31.0 Å². The lowest BCUT2D eigenvalue weighted by Gasteiger charge is -1.93. The van der Waals surface area contributed by atoms with Crippen LogP contribution in [0.3, 0.4) is 0 Å². The lowest BCUT2D eigenvalue weighted by Crippen LogP contribution is -2.34. The van der Waals surface area contributed by atoms with E-state index in [4.69, 9.17) is 0 Å². The van der Waals surface area contributed by atoms with E-state index in [2.05, 4.69) is 30.3 Å². The van der Waals surface area contributed by atoms with Crippen LogP contribution < -0.4 is 4.57 Å². The van der Waals surface area contributed by atoms with Gasteiger partial charge in [0.2, 0.25) is 5.69 Å². The van der Waals surface area contributed by atoms with Gasteiger partial charge in [0.05, 0.1) is 0 Å². The number of pyridine rings is 1. The second-order valence-electron chi connectivity index (χ2n) is 2.12. The van der Waals surface area contributed by atoms with E-state index in [0.717, 1.165) is 6.54 Å². The zero-order valence-electron chi connectivity index (χ0n) is 7.06. The van der Waals surface area contributed by atoms with Gasteiger partial charge in [0, 0.05) is 18.2 Å². The van der Waals surface area contributed by atoms with Gasteiger partial charge < -0.3 is 0 Å². The van der Waals surface area contributed by atoms with Gasteiger partial charge in [-0.25, -0.2) is 0 Å². The average Bonchev–Trinajstić information content (AvgIpc) is 2.04. The van der Waals surface area contributed by atoms with E-state index in [1.54, 1.807) is 0 Å². The summed E-state index contributed by atoms with van der Waals surface area (Å²) in [4.78, 5) is 0. The fourth-order valence-electron chi connectivity index (χ4n) is 0.963. The minimum absolute atomic E-state index is 0. The van der Waals surface area contributed by atoms with E-state index in [1.165, 1.54) is 5.69 Å². The molecule has 0 amide bonds. The molecule has 0 atom stereocenters. The molecule has 1 rings (SSSR count). The van der Waals surface area contributed by atoms with Crippen molar-refractivity contribution >= 4 is 35.5 Å². The molecule has 0 aromatic carbocycles. The second-order valence-corrected chi connectivity index (χ2v) is 2.12. The average molecular weight is 252 g/mol. The summed E-state index contributed by atoms with van der Waals surface area (Å²) in [7, 11) is 0. The van der Waals surface area contributed by atoms with Crippen molar-refractivity contribution in [3.8, 4) is 0 Å². The lowest BCUT2D eigenvalue weighted by molar-refractivity contribution is -0.695. The molecule has 0 saturated heterocycles. The maximum atomic E-state index is 3.72. The summed E-state index contributed by atoms with van der Waals surface area (Å²) in [5, 5.41) is 0. The van der Waals surface area contributed by atoms with Crippen LogP contribution in [-0.2, 0) is 6.54 Å². The van der Waals surface area contributed by atoms with Crippen LogP contribution in [-0.4, -0.2) is 0 Å². The first-order chi connectivity index (χ1) is 4.88. The van der Waals surface area contributed by atoms with Gasteiger partial charge in [-0.2, -0.15) is 4.57 Å². The highest BCUT2D eigenvalue weighted by Crippen LogP contribution is 1.91. The predicted octanol–water partition coefficient (Wildman–Crippen LogP) is 2.64. The van der Waals surface area contributed by atoms with Gasteiger partial charge in [-0.3, -0.25) is 0 Å². The topological polar surface area (TPSA) is 3.88 Å². The van der Waals surface area contributed by atoms with Gasteiger partial charge in [0.25, 0.3) is 0 Å². The zero-order chi connectivity index (χ0) is 7.40. The minimum atomic E-state index is 0. The fourth-order valence-corrected chi connectivity index (χ4v) is 0.963.